The van der Waals surface area contributed by atoms with Gasteiger partial charge in [0.15, 0.2) is 0 Å². The Morgan fingerprint density at radius 3 is 3.16 bits per heavy atom. The Kier molecular flexibility index (Phi) is 2.92. The van der Waals surface area contributed by atoms with Crippen LogP contribution in [0.2, 0.25) is 5.02 Å². The molecule has 3 aromatic rings. The van der Waals surface area contributed by atoms with E-state index in [-0.39, 0.29) is 5.02 Å². The number of hydrogen-bond acceptors (Lipinski definition) is 4. The quantitative estimate of drug-likeness (QED) is 0.763. The molecule has 0 aliphatic heterocycles. The molecule has 0 spiro atoms. The van der Waals surface area contributed by atoms with Crippen molar-refractivity contribution in [3.63, 3.8) is 0 Å². The van der Waals surface area contributed by atoms with Crippen molar-refractivity contribution in [2.45, 2.75) is 6.54 Å². The number of aromatic nitrogens is 4. The van der Waals surface area contributed by atoms with E-state index < -0.39 is 5.56 Å². The fourth-order valence-corrected chi connectivity index (χ4v) is 1.92. The van der Waals surface area contributed by atoms with Crippen molar-refractivity contribution in [2.24, 2.45) is 0 Å². The maximum atomic E-state index is 11.3. The van der Waals surface area contributed by atoms with E-state index in [1.54, 1.807) is 0 Å². The van der Waals surface area contributed by atoms with Crippen LogP contribution in [0.1, 0.15) is 5.69 Å². The van der Waals surface area contributed by atoms with Crippen molar-refractivity contribution in [3.05, 3.63) is 57.9 Å². The average molecular weight is 276 g/mol. The number of rotatable bonds is 3. The Morgan fingerprint density at radius 1 is 1.42 bits per heavy atom. The second-order valence-corrected chi connectivity index (χ2v) is 4.36. The Labute approximate surface area is 113 Å². The van der Waals surface area contributed by atoms with Crippen molar-refractivity contribution in [1.82, 2.24) is 19.6 Å². The number of fused-ring (bicyclic) bond motifs is 1. The van der Waals surface area contributed by atoms with E-state index in [0.717, 1.165) is 11.3 Å². The van der Waals surface area contributed by atoms with Crippen LogP contribution < -0.4 is 10.9 Å². The minimum atomic E-state index is -0.415. The molecule has 0 saturated heterocycles. The molecular formula is C12H10ClN5O. The van der Waals surface area contributed by atoms with Gasteiger partial charge in [-0.1, -0.05) is 17.7 Å². The normalized spacial score (nSPS) is 10.8. The molecule has 0 aliphatic rings. The first-order valence-electron chi connectivity index (χ1n) is 5.64. The molecular weight excluding hydrogens is 266 g/mol. The highest BCUT2D eigenvalue weighted by Gasteiger charge is 2.06. The van der Waals surface area contributed by atoms with Gasteiger partial charge in [0, 0.05) is 12.4 Å². The molecule has 3 rings (SSSR count). The maximum Gasteiger partial charge on any atom is 0.285 e. The lowest BCUT2D eigenvalue weighted by atomic mass is 10.4. The van der Waals surface area contributed by atoms with Crippen LogP contribution >= 0.6 is 11.6 Å². The summed E-state index contributed by atoms with van der Waals surface area (Å²) in [5.41, 5.74) is 1.79. The second-order valence-electron chi connectivity index (χ2n) is 3.98. The van der Waals surface area contributed by atoms with Gasteiger partial charge in [0.25, 0.3) is 5.56 Å². The Balaban J connectivity index is 1.82. The van der Waals surface area contributed by atoms with Crippen molar-refractivity contribution in [1.29, 1.82) is 0 Å². The predicted octanol–water partition coefficient (Wildman–Crippen LogP) is 1.68. The van der Waals surface area contributed by atoms with Gasteiger partial charge in [0.05, 0.1) is 24.1 Å². The van der Waals surface area contributed by atoms with E-state index in [4.69, 9.17) is 11.6 Å². The molecule has 0 saturated carbocycles. The number of nitrogens with zero attached hydrogens (tertiary/aromatic N) is 3. The highest BCUT2D eigenvalue weighted by atomic mass is 35.5. The highest BCUT2D eigenvalue weighted by molar-refractivity contribution is 6.32. The van der Waals surface area contributed by atoms with E-state index >= 15 is 0 Å². The van der Waals surface area contributed by atoms with Crippen LogP contribution in [-0.2, 0) is 6.54 Å². The molecule has 0 atom stereocenters. The van der Waals surface area contributed by atoms with Gasteiger partial charge < -0.3 is 9.72 Å². The monoisotopic (exact) mass is 275 g/mol. The molecule has 0 bridgehead atoms. The van der Waals surface area contributed by atoms with Crippen LogP contribution in [0.5, 0.6) is 0 Å². The lowest BCUT2D eigenvalue weighted by Crippen LogP contribution is -2.11. The number of anilines is 1. The average Bonchev–Trinajstić information content (AvgIpc) is 2.83. The fourth-order valence-electron chi connectivity index (χ4n) is 1.76. The number of nitrogens with one attached hydrogen (secondary N) is 2. The van der Waals surface area contributed by atoms with Crippen molar-refractivity contribution >= 4 is 22.9 Å². The molecule has 2 N–H and O–H groups in total. The lowest BCUT2D eigenvalue weighted by molar-refractivity contribution is 0.977. The van der Waals surface area contributed by atoms with E-state index in [1.165, 1.54) is 6.20 Å². The van der Waals surface area contributed by atoms with E-state index in [9.17, 15) is 4.79 Å². The van der Waals surface area contributed by atoms with E-state index in [0.29, 0.717) is 12.2 Å². The number of H-pyrrole nitrogens is 1. The molecule has 3 heterocycles. The predicted molar refractivity (Wildman–Crippen MR) is 72.4 cm³/mol. The molecule has 0 radical (unpaired) electrons. The molecule has 0 aromatic carbocycles. The molecule has 0 aliphatic carbocycles. The first-order valence-corrected chi connectivity index (χ1v) is 6.01. The summed E-state index contributed by atoms with van der Waals surface area (Å²) < 4.78 is 1.93. The molecule has 7 heteroatoms. The third-order valence-corrected chi connectivity index (χ3v) is 3.04. The molecule has 0 unspecified atom stereocenters. The van der Waals surface area contributed by atoms with Crippen LogP contribution in [0.4, 0.5) is 5.69 Å². The van der Waals surface area contributed by atoms with E-state index in [2.05, 4.69) is 20.5 Å². The molecule has 96 valence electrons. The zero-order chi connectivity index (χ0) is 13.2. The summed E-state index contributed by atoms with van der Waals surface area (Å²) >= 11 is 5.87. The van der Waals surface area contributed by atoms with Gasteiger partial charge in [-0.05, 0) is 12.1 Å². The summed E-state index contributed by atoms with van der Waals surface area (Å²) in [6.07, 6.45) is 5.31. The van der Waals surface area contributed by atoms with Crippen molar-refractivity contribution in [3.8, 4) is 0 Å². The van der Waals surface area contributed by atoms with Crippen molar-refractivity contribution in [2.75, 3.05) is 5.32 Å². The standard InChI is InChI=1S/C12H10ClN5O/c13-11-9(6-15-17-12(11)19)14-5-8-7-18-4-2-1-3-10(18)16-8/h1-4,6-7H,5H2,(H2,14,17,19). The van der Waals surface area contributed by atoms with Crippen LogP contribution in [0.25, 0.3) is 5.65 Å². The van der Waals surface area contributed by atoms with Crippen LogP contribution in [-0.4, -0.2) is 19.6 Å². The first kappa shape index (κ1) is 11.7. The highest BCUT2D eigenvalue weighted by Crippen LogP contribution is 2.15. The van der Waals surface area contributed by atoms with Gasteiger partial charge in [-0.3, -0.25) is 4.79 Å². The molecule has 0 fully saturated rings. The summed E-state index contributed by atoms with van der Waals surface area (Å²) in [6, 6.07) is 5.78. The molecule has 19 heavy (non-hydrogen) atoms. The van der Waals surface area contributed by atoms with Gasteiger partial charge in [0.2, 0.25) is 0 Å². The fraction of sp³-hybridized carbons (Fsp3) is 0.0833. The minimum absolute atomic E-state index is 0.0961. The Hall–Kier alpha value is -2.34. The lowest BCUT2D eigenvalue weighted by Gasteiger charge is -2.04. The smallest absolute Gasteiger partial charge is 0.285 e. The number of hydrogen-bond donors (Lipinski definition) is 2. The van der Waals surface area contributed by atoms with Gasteiger partial charge in [-0.15, -0.1) is 0 Å². The van der Waals surface area contributed by atoms with Gasteiger partial charge in [-0.25, -0.2) is 10.1 Å². The first-order chi connectivity index (χ1) is 9.24. The summed E-state index contributed by atoms with van der Waals surface area (Å²) in [4.78, 5) is 15.7. The topological polar surface area (TPSA) is 75.1 Å². The van der Waals surface area contributed by atoms with E-state index in [1.807, 2.05) is 35.0 Å². The number of halogens is 1. The second kappa shape index (κ2) is 4.74. The van der Waals surface area contributed by atoms with Crippen LogP contribution in [0.15, 0.2) is 41.6 Å². The van der Waals surface area contributed by atoms with Gasteiger partial charge >= 0.3 is 0 Å². The summed E-state index contributed by atoms with van der Waals surface area (Å²) in [7, 11) is 0. The largest absolute Gasteiger partial charge is 0.377 e. The third-order valence-electron chi connectivity index (χ3n) is 2.67. The number of aromatic amines is 1. The number of pyridine rings is 1. The van der Waals surface area contributed by atoms with Crippen LogP contribution in [0, 0.1) is 0 Å². The molecule has 0 amide bonds. The zero-order valence-electron chi connectivity index (χ0n) is 9.80. The third kappa shape index (κ3) is 2.30. The molecule has 3 aromatic heterocycles. The minimum Gasteiger partial charge on any atom is -0.377 e. The zero-order valence-corrected chi connectivity index (χ0v) is 10.6. The molecule has 6 nitrogen and oxygen atoms in total. The van der Waals surface area contributed by atoms with Gasteiger partial charge in [-0.2, -0.15) is 5.10 Å². The number of imidazole rings is 1. The van der Waals surface area contributed by atoms with Crippen molar-refractivity contribution < 1.29 is 0 Å². The Morgan fingerprint density at radius 2 is 2.32 bits per heavy atom. The maximum absolute atomic E-state index is 11.3. The summed E-state index contributed by atoms with van der Waals surface area (Å²) in [5.74, 6) is 0. The SMILES string of the molecule is O=c1[nH]ncc(NCc2cn3ccccc3n2)c1Cl. The Bertz CT molecular complexity index is 746. The van der Waals surface area contributed by atoms with Gasteiger partial charge in [0.1, 0.15) is 10.7 Å². The summed E-state index contributed by atoms with van der Waals surface area (Å²) in [6.45, 7) is 0.465. The van der Waals surface area contributed by atoms with Crippen LogP contribution in [0.3, 0.4) is 0 Å². The summed E-state index contributed by atoms with van der Waals surface area (Å²) in [5, 5.41) is 9.09.